The van der Waals surface area contributed by atoms with E-state index in [9.17, 15) is 14.9 Å². The molecule has 3 aromatic carbocycles. The molecule has 1 amide bonds. The third-order valence-corrected chi connectivity index (χ3v) is 6.08. The van der Waals surface area contributed by atoms with E-state index in [1.165, 1.54) is 12.1 Å². The number of amides is 1. The van der Waals surface area contributed by atoms with Crippen LogP contribution in [0, 0.1) is 10.1 Å². The van der Waals surface area contributed by atoms with Crippen LogP contribution in [-0.2, 0) is 11.2 Å². The molecule has 168 valence electrons. The number of carbonyl (C=O) groups excluding carboxylic acids is 1. The molecule has 3 aromatic rings. The summed E-state index contributed by atoms with van der Waals surface area (Å²) in [5.74, 6) is 1.08. The molecule has 9 nitrogen and oxygen atoms in total. The molecular formula is C24H22N4O5. The van der Waals surface area contributed by atoms with Crippen molar-refractivity contribution in [3.8, 4) is 11.5 Å². The second kappa shape index (κ2) is 8.01. The number of carbonyl (C=O) groups is 1. The molecule has 33 heavy (non-hydrogen) atoms. The van der Waals surface area contributed by atoms with Gasteiger partial charge in [0.2, 0.25) is 0 Å². The zero-order chi connectivity index (χ0) is 23.1. The SMILES string of the molecule is COc1ccc([C@H]2N(Nc3ccc([N+](=O)[O-])cc3)C(=O)[C@@H]3Cc4ccccc4N32)cc1OC. The molecule has 1 saturated heterocycles. The number of hydrogen-bond acceptors (Lipinski definition) is 7. The number of para-hydroxylation sites is 1. The lowest BCUT2D eigenvalue weighted by Crippen LogP contribution is -2.37. The number of benzene rings is 3. The number of non-ortho nitro benzene ring substituents is 1. The molecule has 0 spiro atoms. The van der Waals surface area contributed by atoms with Crippen LogP contribution < -0.4 is 19.8 Å². The number of nitro benzene ring substituents is 1. The van der Waals surface area contributed by atoms with Crippen LogP contribution in [0.2, 0.25) is 0 Å². The van der Waals surface area contributed by atoms with Gasteiger partial charge >= 0.3 is 0 Å². The second-order valence-corrected chi connectivity index (χ2v) is 7.87. The largest absolute Gasteiger partial charge is 0.493 e. The van der Waals surface area contributed by atoms with Gasteiger partial charge in [-0.25, -0.2) is 5.01 Å². The van der Waals surface area contributed by atoms with E-state index in [1.54, 1.807) is 31.4 Å². The first-order valence-electron chi connectivity index (χ1n) is 10.4. The van der Waals surface area contributed by atoms with Gasteiger partial charge in [-0.15, -0.1) is 0 Å². The Balaban J connectivity index is 1.57. The number of nitrogens with one attached hydrogen (secondary N) is 1. The normalized spacial score (nSPS) is 18.7. The van der Waals surface area contributed by atoms with Crippen LogP contribution in [0.1, 0.15) is 17.3 Å². The first-order valence-corrected chi connectivity index (χ1v) is 10.4. The number of hydrazine groups is 1. The topological polar surface area (TPSA) is 97.2 Å². The molecule has 9 heteroatoms. The van der Waals surface area contributed by atoms with E-state index in [2.05, 4.69) is 10.3 Å². The highest BCUT2D eigenvalue weighted by Crippen LogP contribution is 2.46. The Bertz CT molecular complexity index is 1230. The van der Waals surface area contributed by atoms with Crippen molar-refractivity contribution in [1.82, 2.24) is 5.01 Å². The van der Waals surface area contributed by atoms with E-state index in [1.807, 2.05) is 42.5 Å². The van der Waals surface area contributed by atoms with Crippen LogP contribution in [0.4, 0.5) is 17.1 Å². The van der Waals surface area contributed by atoms with Gasteiger partial charge < -0.3 is 14.4 Å². The number of fused-ring (bicyclic) bond motifs is 3. The first kappa shape index (κ1) is 20.6. The summed E-state index contributed by atoms with van der Waals surface area (Å²) < 4.78 is 10.9. The van der Waals surface area contributed by atoms with E-state index in [-0.39, 0.29) is 17.6 Å². The number of ether oxygens (including phenoxy) is 2. The van der Waals surface area contributed by atoms with Crippen molar-refractivity contribution in [3.05, 3.63) is 88.0 Å². The van der Waals surface area contributed by atoms with Gasteiger partial charge in [0.05, 0.1) is 24.8 Å². The zero-order valence-electron chi connectivity index (χ0n) is 18.1. The lowest BCUT2D eigenvalue weighted by Gasteiger charge is -2.32. The molecule has 0 saturated carbocycles. The minimum atomic E-state index is -0.457. The van der Waals surface area contributed by atoms with Crippen molar-refractivity contribution < 1.29 is 19.2 Å². The standard InChI is InChI=1S/C24H22N4O5/c1-32-21-12-7-16(14-22(21)33-2)23-26-19-6-4-3-5-15(19)13-20(26)24(29)27(23)25-17-8-10-18(11-9-17)28(30)31/h3-12,14,20,23,25H,13H2,1-2H3/t20-,23+/m0/s1. The molecule has 2 atom stereocenters. The van der Waals surface area contributed by atoms with Gasteiger partial charge in [-0.2, -0.15) is 0 Å². The average molecular weight is 446 g/mol. The maximum Gasteiger partial charge on any atom is 0.269 e. The Morgan fingerprint density at radius 3 is 2.42 bits per heavy atom. The van der Waals surface area contributed by atoms with Gasteiger partial charge in [0.15, 0.2) is 17.7 Å². The quantitative estimate of drug-likeness (QED) is 0.453. The van der Waals surface area contributed by atoms with Crippen LogP contribution in [0.15, 0.2) is 66.7 Å². The molecule has 2 aliphatic heterocycles. The molecule has 1 fully saturated rings. The van der Waals surface area contributed by atoms with Crippen molar-refractivity contribution >= 4 is 23.0 Å². The van der Waals surface area contributed by atoms with E-state index in [0.29, 0.717) is 23.6 Å². The van der Waals surface area contributed by atoms with Crippen molar-refractivity contribution in [3.63, 3.8) is 0 Å². The third kappa shape index (κ3) is 3.38. The van der Waals surface area contributed by atoms with Crippen LogP contribution in [0.5, 0.6) is 11.5 Å². The minimum absolute atomic E-state index is 0.0145. The van der Waals surface area contributed by atoms with Gasteiger partial charge in [-0.1, -0.05) is 24.3 Å². The molecule has 2 aliphatic rings. The number of anilines is 2. The Hall–Kier alpha value is -4.27. The molecule has 5 rings (SSSR count). The van der Waals surface area contributed by atoms with E-state index in [4.69, 9.17) is 9.47 Å². The number of rotatable bonds is 6. The summed E-state index contributed by atoms with van der Waals surface area (Å²) in [5, 5.41) is 12.6. The van der Waals surface area contributed by atoms with E-state index < -0.39 is 11.1 Å². The van der Waals surface area contributed by atoms with Gasteiger partial charge in [0.1, 0.15) is 6.04 Å². The summed E-state index contributed by atoms with van der Waals surface area (Å²) in [6.45, 7) is 0. The van der Waals surface area contributed by atoms with Crippen molar-refractivity contribution in [2.75, 3.05) is 24.5 Å². The molecule has 0 unspecified atom stereocenters. The fraction of sp³-hybridized carbons (Fsp3) is 0.208. The monoisotopic (exact) mass is 446 g/mol. The molecule has 0 bridgehead atoms. The lowest BCUT2D eigenvalue weighted by molar-refractivity contribution is -0.384. The predicted molar refractivity (Wildman–Crippen MR) is 122 cm³/mol. The summed E-state index contributed by atoms with van der Waals surface area (Å²) in [7, 11) is 3.15. The van der Waals surface area contributed by atoms with Crippen molar-refractivity contribution in [2.45, 2.75) is 18.6 Å². The van der Waals surface area contributed by atoms with Crippen molar-refractivity contribution in [2.24, 2.45) is 0 Å². The van der Waals surface area contributed by atoms with Crippen LogP contribution in [-0.4, -0.2) is 36.1 Å². The first-order chi connectivity index (χ1) is 16.0. The summed E-state index contributed by atoms with van der Waals surface area (Å²) in [4.78, 5) is 26.2. The number of nitrogens with zero attached hydrogens (tertiary/aromatic N) is 3. The lowest BCUT2D eigenvalue weighted by atomic mass is 10.1. The maximum atomic E-state index is 13.6. The van der Waals surface area contributed by atoms with Crippen molar-refractivity contribution in [1.29, 1.82) is 0 Å². The Kier molecular flexibility index (Phi) is 5.01. The maximum absolute atomic E-state index is 13.6. The number of hydrogen-bond donors (Lipinski definition) is 1. The second-order valence-electron chi connectivity index (χ2n) is 7.87. The highest BCUT2D eigenvalue weighted by molar-refractivity contribution is 5.93. The van der Waals surface area contributed by atoms with Gasteiger partial charge in [0.25, 0.3) is 11.6 Å². The fourth-order valence-corrected chi connectivity index (χ4v) is 4.56. The zero-order valence-corrected chi connectivity index (χ0v) is 18.1. The van der Waals surface area contributed by atoms with Gasteiger partial charge in [-0.3, -0.25) is 20.3 Å². The molecular weight excluding hydrogens is 424 g/mol. The van der Waals surface area contributed by atoms with Gasteiger partial charge in [-0.05, 0) is 35.9 Å². The molecule has 1 N–H and O–H groups in total. The average Bonchev–Trinajstić information content (AvgIpc) is 3.34. The van der Waals surface area contributed by atoms with E-state index in [0.717, 1.165) is 16.8 Å². The Morgan fingerprint density at radius 2 is 1.73 bits per heavy atom. The summed E-state index contributed by atoms with van der Waals surface area (Å²) in [6, 6.07) is 19.2. The summed E-state index contributed by atoms with van der Waals surface area (Å²) in [5.41, 5.74) is 6.71. The molecule has 0 aliphatic carbocycles. The van der Waals surface area contributed by atoms with Crippen LogP contribution in [0.3, 0.4) is 0 Å². The number of nitro groups is 1. The summed E-state index contributed by atoms with van der Waals surface area (Å²) >= 11 is 0. The van der Waals surface area contributed by atoms with Crippen LogP contribution >= 0.6 is 0 Å². The van der Waals surface area contributed by atoms with E-state index >= 15 is 0 Å². The molecule has 0 radical (unpaired) electrons. The molecule has 2 heterocycles. The predicted octanol–water partition coefficient (Wildman–Crippen LogP) is 3.91. The Morgan fingerprint density at radius 1 is 1.00 bits per heavy atom. The number of methoxy groups -OCH3 is 2. The Labute approximate surface area is 190 Å². The highest BCUT2D eigenvalue weighted by Gasteiger charge is 2.51. The molecule has 0 aromatic heterocycles. The summed E-state index contributed by atoms with van der Waals surface area (Å²) in [6.07, 6.45) is 0.151. The highest BCUT2D eigenvalue weighted by atomic mass is 16.6. The van der Waals surface area contributed by atoms with Gasteiger partial charge in [0, 0.05) is 29.8 Å². The minimum Gasteiger partial charge on any atom is -0.493 e. The van der Waals surface area contributed by atoms with Crippen LogP contribution in [0.25, 0.3) is 0 Å². The smallest absolute Gasteiger partial charge is 0.269 e. The third-order valence-electron chi connectivity index (χ3n) is 6.08. The fourth-order valence-electron chi connectivity index (χ4n) is 4.56.